The van der Waals surface area contributed by atoms with Gasteiger partial charge in [-0.05, 0) is 24.0 Å². The molecule has 13 nitrogen and oxygen atoms in total. The van der Waals surface area contributed by atoms with Crippen LogP contribution in [0.1, 0.15) is 30.4 Å². The Balaban J connectivity index is 2.14. The Morgan fingerprint density at radius 1 is 0.675 bits per heavy atom. The lowest BCUT2D eigenvalue weighted by Crippen LogP contribution is -2.58. The highest BCUT2D eigenvalue weighted by Gasteiger charge is 2.31. The van der Waals surface area contributed by atoms with Crippen molar-refractivity contribution < 1.29 is 39.0 Å². The molecule has 2 aromatic carbocycles. The van der Waals surface area contributed by atoms with Crippen LogP contribution in [0.4, 0.5) is 0 Å². The summed E-state index contributed by atoms with van der Waals surface area (Å²) >= 11 is 0. The molecule has 2 aromatic rings. The Kier molecular flexibility index (Phi) is 12.3. The van der Waals surface area contributed by atoms with Crippen LogP contribution in [0.3, 0.4) is 0 Å². The Morgan fingerprint density at radius 2 is 1.15 bits per heavy atom. The predicted octanol–water partition coefficient (Wildman–Crippen LogP) is -0.922. The average Bonchev–Trinajstić information content (AvgIpc) is 2.90. The summed E-state index contributed by atoms with van der Waals surface area (Å²) in [7, 11) is 0. The van der Waals surface area contributed by atoms with Crippen molar-refractivity contribution in [1.29, 1.82) is 0 Å². The maximum absolute atomic E-state index is 13.1. The standard InChI is InChI=1S/C27H33N5O8/c28-18(13-16-7-3-1-4-8-16)24(36)30-19(11-12-23(34)35)25(37)31-20(15-22(29)33)26(38)32-21(27(39)40)14-17-9-5-2-6-10-17/h1-10,18-21H,11-15,28H2,(H2,29,33)(H,30,36)(H,31,37)(H,32,38)(H,34,35)(H,39,40). The van der Waals surface area contributed by atoms with Gasteiger partial charge in [0.25, 0.3) is 0 Å². The molecule has 4 amide bonds. The van der Waals surface area contributed by atoms with Gasteiger partial charge in [-0.2, -0.15) is 0 Å². The lowest BCUT2D eigenvalue weighted by atomic mass is 10.0. The summed E-state index contributed by atoms with van der Waals surface area (Å²) in [6, 6.07) is 11.8. The number of aliphatic carboxylic acids is 2. The largest absolute Gasteiger partial charge is 0.481 e. The lowest BCUT2D eigenvalue weighted by molar-refractivity contribution is -0.142. The molecular formula is C27H33N5O8. The summed E-state index contributed by atoms with van der Waals surface area (Å²) in [6.07, 6.45) is -1.46. The van der Waals surface area contributed by atoms with Crippen LogP contribution in [0, 0.1) is 0 Å². The molecule has 4 unspecified atom stereocenters. The number of hydrogen-bond acceptors (Lipinski definition) is 7. The number of carboxylic acid groups (broad SMARTS) is 2. The summed E-state index contributed by atoms with van der Waals surface area (Å²) in [6.45, 7) is 0. The normalized spacial score (nSPS) is 13.6. The van der Waals surface area contributed by atoms with E-state index < -0.39 is 72.6 Å². The van der Waals surface area contributed by atoms with Crippen LogP contribution in [0.25, 0.3) is 0 Å². The van der Waals surface area contributed by atoms with Gasteiger partial charge in [-0.3, -0.25) is 24.0 Å². The van der Waals surface area contributed by atoms with Crippen LogP contribution in [-0.4, -0.2) is 69.9 Å². The van der Waals surface area contributed by atoms with Crippen molar-refractivity contribution in [3.63, 3.8) is 0 Å². The van der Waals surface area contributed by atoms with Gasteiger partial charge in [0.1, 0.15) is 18.1 Å². The molecule has 0 bridgehead atoms. The number of nitrogens with one attached hydrogen (secondary N) is 3. The van der Waals surface area contributed by atoms with Crippen LogP contribution in [-0.2, 0) is 41.6 Å². The topological polar surface area (TPSA) is 231 Å². The summed E-state index contributed by atoms with van der Waals surface area (Å²) in [5.74, 6) is -6.26. The van der Waals surface area contributed by atoms with E-state index in [9.17, 15) is 33.9 Å². The molecule has 0 aliphatic carbocycles. The van der Waals surface area contributed by atoms with Gasteiger partial charge in [0, 0.05) is 12.8 Å². The fourth-order valence-corrected chi connectivity index (χ4v) is 3.78. The first-order valence-electron chi connectivity index (χ1n) is 12.4. The van der Waals surface area contributed by atoms with Gasteiger partial charge in [-0.1, -0.05) is 60.7 Å². The molecule has 2 rings (SSSR count). The molecule has 40 heavy (non-hydrogen) atoms. The summed E-state index contributed by atoms with van der Waals surface area (Å²) in [5, 5.41) is 25.7. The summed E-state index contributed by atoms with van der Waals surface area (Å²) in [5.41, 5.74) is 12.6. The molecule has 0 spiro atoms. The minimum Gasteiger partial charge on any atom is -0.481 e. The van der Waals surface area contributed by atoms with E-state index in [2.05, 4.69) is 16.0 Å². The highest BCUT2D eigenvalue weighted by atomic mass is 16.4. The molecule has 0 saturated heterocycles. The molecule has 4 atom stereocenters. The smallest absolute Gasteiger partial charge is 0.326 e. The third kappa shape index (κ3) is 10.9. The highest BCUT2D eigenvalue weighted by Crippen LogP contribution is 2.07. The lowest BCUT2D eigenvalue weighted by Gasteiger charge is -2.24. The molecule has 0 saturated carbocycles. The molecule has 214 valence electrons. The van der Waals surface area contributed by atoms with Crippen molar-refractivity contribution in [1.82, 2.24) is 16.0 Å². The number of carbonyl (C=O) groups excluding carboxylic acids is 4. The predicted molar refractivity (Wildman–Crippen MR) is 142 cm³/mol. The highest BCUT2D eigenvalue weighted by molar-refractivity contribution is 5.96. The van der Waals surface area contributed by atoms with Crippen molar-refractivity contribution in [2.75, 3.05) is 0 Å². The van der Waals surface area contributed by atoms with Gasteiger partial charge < -0.3 is 37.6 Å². The maximum Gasteiger partial charge on any atom is 0.326 e. The molecule has 0 aliphatic heterocycles. The van der Waals surface area contributed by atoms with Gasteiger partial charge in [-0.15, -0.1) is 0 Å². The number of carboxylic acids is 2. The number of amides is 4. The van der Waals surface area contributed by atoms with Crippen molar-refractivity contribution in [2.24, 2.45) is 11.5 Å². The minimum atomic E-state index is -1.59. The van der Waals surface area contributed by atoms with Crippen LogP contribution < -0.4 is 27.4 Å². The Labute approximate surface area is 230 Å². The Bertz CT molecular complexity index is 1190. The van der Waals surface area contributed by atoms with E-state index in [1.807, 2.05) is 0 Å². The minimum absolute atomic E-state index is 0.0737. The van der Waals surface area contributed by atoms with Crippen molar-refractivity contribution in [3.8, 4) is 0 Å². The van der Waals surface area contributed by atoms with E-state index in [1.54, 1.807) is 60.7 Å². The first-order chi connectivity index (χ1) is 19.0. The first-order valence-corrected chi connectivity index (χ1v) is 12.4. The average molecular weight is 556 g/mol. The number of nitrogens with two attached hydrogens (primary N) is 2. The second kappa shape index (κ2) is 15.6. The van der Waals surface area contributed by atoms with E-state index in [-0.39, 0.29) is 19.3 Å². The van der Waals surface area contributed by atoms with Gasteiger partial charge in [0.2, 0.25) is 23.6 Å². The molecule has 0 heterocycles. The van der Waals surface area contributed by atoms with E-state index >= 15 is 0 Å². The van der Waals surface area contributed by atoms with Gasteiger partial charge >= 0.3 is 11.9 Å². The summed E-state index contributed by atoms with van der Waals surface area (Å²) < 4.78 is 0. The second-order valence-electron chi connectivity index (χ2n) is 9.11. The van der Waals surface area contributed by atoms with Gasteiger partial charge in [0.15, 0.2) is 0 Å². The number of benzene rings is 2. The zero-order valence-electron chi connectivity index (χ0n) is 21.6. The Morgan fingerprint density at radius 3 is 1.65 bits per heavy atom. The molecule has 0 radical (unpaired) electrons. The van der Waals surface area contributed by atoms with E-state index in [4.69, 9.17) is 16.6 Å². The van der Waals surface area contributed by atoms with Crippen LogP contribution in [0.2, 0.25) is 0 Å². The van der Waals surface area contributed by atoms with Crippen molar-refractivity contribution in [2.45, 2.75) is 56.3 Å². The summed E-state index contributed by atoms with van der Waals surface area (Å²) in [4.78, 5) is 73.3. The van der Waals surface area contributed by atoms with E-state index in [0.29, 0.717) is 5.56 Å². The number of carbonyl (C=O) groups is 6. The van der Waals surface area contributed by atoms with E-state index in [0.717, 1.165) is 5.56 Å². The quantitative estimate of drug-likeness (QED) is 0.135. The fraction of sp³-hybridized carbons (Fsp3) is 0.333. The molecular weight excluding hydrogens is 522 g/mol. The molecule has 0 fully saturated rings. The zero-order chi connectivity index (χ0) is 29.7. The van der Waals surface area contributed by atoms with Crippen molar-refractivity contribution in [3.05, 3.63) is 71.8 Å². The third-order valence-corrected chi connectivity index (χ3v) is 5.85. The van der Waals surface area contributed by atoms with E-state index in [1.165, 1.54) is 0 Å². The van der Waals surface area contributed by atoms with Crippen LogP contribution in [0.15, 0.2) is 60.7 Å². The fourth-order valence-electron chi connectivity index (χ4n) is 3.78. The molecule has 0 aliphatic rings. The van der Waals surface area contributed by atoms with Crippen LogP contribution in [0.5, 0.6) is 0 Å². The van der Waals surface area contributed by atoms with Crippen molar-refractivity contribution >= 4 is 35.6 Å². The number of primary amides is 1. The Hall–Kier alpha value is -4.78. The monoisotopic (exact) mass is 555 g/mol. The molecule has 9 N–H and O–H groups in total. The van der Waals surface area contributed by atoms with Gasteiger partial charge in [-0.25, -0.2) is 4.79 Å². The first kappa shape index (κ1) is 31.4. The van der Waals surface area contributed by atoms with Crippen LogP contribution >= 0.6 is 0 Å². The van der Waals surface area contributed by atoms with Gasteiger partial charge in [0.05, 0.1) is 12.5 Å². The number of hydrogen-bond donors (Lipinski definition) is 7. The zero-order valence-corrected chi connectivity index (χ0v) is 21.6. The third-order valence-electron chi connectivity index (χ3n) is 5.85. The number of rotatable bonds is 16. The molecule has 13 heteroatoms. The SMILES string of the molecule is NC(=O)CC(NC(=O)C(CCC(=O)O)NC(=O)C(N)Cc1ccccc1)C(=O)NC(Cc1ccccc1)C(=O)O. The maximum atomic E-state index is 13.1. The second-order valence-corrected chi connectivity index (χ2v) is 9.11. The molecule has 0 aromatic heterocycles.